The van der Waals surface area contributed by atoms with Crippen LogP contribution in [0.2, 0.25) is 0 Å². The Balaban J connectivity index is 1.81. The van der Waals surface area contributed by atoms with E-state index in [-0.39, 0.29) is 0 Å². The highest BCUT2D eigenvalue weighted by Crippen LogP contribution is 2.17. The monoisotopic (exact) mass is 283 g/mol. The molecule has 1 heterocycles. The molecule has 2 rings (SSSR count). The molecule has 0 aliphatic heterocycles. The SMILES string of the molecule is Brc1ccnc(NNC2CCCCCC2)c1. The maximum absolute atomic E-state index is 4.24. The first-order valence-electron chi connectivity index (χ1n) is 5.98. The number of hydrogen-bond acceptors (Lipinski definition) is 3. The van der Waals surface area contributed by atoms with Crippen molar-refractivity contribution in [2.45, 2.75) is 44.6 Å². The third-order valence-corrected chi connectivity index (χ3v) is 3.47. The van der Waals surface area contributed by atoms with Crippen molar-refractivity contribution in [1.29, 1.82) is 0 Å². The highest BCUT2D eigenvalue weighted by molar-refractivity contribution is 9.10. The first-order chi connectivity index (χ1) is 7.84. The van der Waals surface area contributed by atoms with Gasteiger partial charge in [0.25, 0.3) is 0 Å². The standard InChI is InChI=1S/C12H18BrN3/c13-10-7-8-14-12(9-10)16-15-11-5-3-1-2-4-6-11/h7-9,11,15H,1-6H2,(H,14,16). The van der Waals surface area contributed by atoms with E-state index in [2.05, 4.69) is 31.8 Å². The van der Waals surface area contributed by atoms with Gasteiger partial charge in [-0.05, 0) is 25.0 Å². The van der Waals surface area contributed by atoms with Gasteiger partial charge in [0, 0.05) is 16.7 Å². The van der Waals surface area contributed by atoms with Crippen molar-refractivity contribution in [3.05, 3.63) is 22.8 Å². The van der Waals surface area contributed by atoms with Gasteiger partial charge >= 0.3 is 0 Å². The Labute approximate surface area is 105 Å². The molecule has 0 amide bonds. The Morgan fingerprint density at radius 2 is 1.94 bits per heavy atom. The minimum atomic E-state index is 0.586. The van der Waals surface area contributed by atoms with Crippen LogP contribution in [0.3, 0.4) is 0 Å². The van der Waals surface area contributed by atoms with Crippen LogP contribution in [0.5, 0.6) is 0 Å². The van der Waals surface area contributed by atoms with E-state index in [1.54, 1.807) is 6.20 Å². The number of halogens is 1. The van der Waals surface area contributed by atoms with Gasteiger partial charge in [0.15, 0.2) is 0 Å². The molecule has 0 atom stereocenters. The van der Waals surface area contributed by atoms with Gasteiger partial charge in [-0.1, -0.05) is 41.6 Å². The first kappa shape index (κ1) is 11.9. The fourth-order valence-corrected chi connectivity index (χ4v) is 2.41. The molecule has 4 heteroatoms. The molecule has 0 radical (unpaired) electrons. The summed E-state index contributed by atoms with van der Waals surface area (Å²) in [5.74, 6) is 0.874. The maximum Gasteiger partial charge on any atom is 0.141 e. The first-order valence-corrected chi connectivity index (χ1v) is 6.77. The quantitative estimate of drug-likeness (QED) is 0.659. The zero-order chi connectivity index (χ0) is 11.2. The van der Waals surface area contributed by atoms with E-state index in [4.69, 9.17) is 0 Å². The average Bonchev–Trinajstić information content (AvgIpc) is 2.55. The summed E-state index contributed by atoms with van der Waals surface area (Å²) in [6.45, 7) is 0. The lowest BCUT2D eigenvalue weighted by Gasteiger charge is -2.17. The second-order valence-corrected chi connectivity index (χ2v) is 5.23. The second-order valence-electron chi connectivity index (χ2n) is 4.32. The Morgan fingerprint density at radius 1 is 1.19 bits per heavy atom. The zero-order valence-corrected chi connectivity index (χ0v) is 11.0. The van der Waals surface area contributed by atoms with Crippen molar-refractivity contribution in [2.24, 2.45) is 0 Å². The van der Waals surface area contributed by atoms with Crippen LogP contribution in [0.25, 0.3) is 0 Å². The summed E-state index contributed by atoms with van der Waals surface area (Å²) >= 11 is 3.43. The number of hydrazine groups is 1. The number of pyridine rings is 1. The van der Waals surface area contributed by atoms with Crippen LogP contribution in [0, 0.1) is 0 Å². The Hall–Kier alpha value is -0.610. The summed E-state index contributed by atoms with van der Waals surface area (Å²) < 4.78 is 1.05. The topological polar surface area (TPSA) is 37.0 Å². The van der Waals surface area contributed by atoms with Crippen molar-refractivity contribution in [3.63, 3.8) is 0 Å². The summed E-state index contributed by atoms with van der Waals surface area (Å²) in [5, 5.41) is 0. The van der Waals surface area contributed by atoms with Gasteiger partial charge in [-0.25, -0.2) is 10.4 Å². The highest BCUT2D eigenvalue weighted by Gasteiger charge is 2.11. The van der Waals surface area contributed by atoms with Crippen molar-refractivity contribution >= 4 is 21.7 Å². The van der Waals surface area contributed by atoms with Gasteiger partial charge in [-0.3, -0.25) is 0 Å². The minimum absolute atomic E-state index is 0.586. The fraction of sp³-hybridized carbons (Fsp3) is 0.583. The molecule has 1 aliphatic carbocycles. The van der Waals surface area contributed by atoms with Crippen LogP contribution in [0.15, 0.2) is 22.8 Å². The molecule has 2 N–H and O–H groups in total. The van der Waals surface area contributed by atoms with Crippen LogP contribution in [-0.4, -0.2) is 11.0 Å². The normalized spacial score (nSPS) is 18.1. The number of hydrogen-bond donors (Lipinski definition) is 2. The summed E-state index contributed by atoms with van der Waals surface area (Å²) in [4.78, 5) is 4.24. The smallest absolute Gasteiger partial charge is 0.141 e. The molecular weight excluding hydrogens is 266 g/mol. The van der Waals surface area contributed by atoms with E-state index in [9.17, 15) is 0 Å². The molecule has 0 saturated heterocycles. The van der Waals surface area contributed by atoms with Crippen LogP contribution >= 0.6 is 15.9 Å². The van der Waals surface area contributed by atoms with Gasteiger partial charge in [0.1, 0.15) is 5.82 Å². The molecule has 1 aromatic heterocycles. The molecule has 1 fully saturated rings. The Morgan fingerprint density at radius 3 is 2.62 bits per heavy atom. The van der Waals surface area contributed by atoms with Crippen molar-refractivity contribution in [1.82, 2.24) is 10.4 Å². The molecule has 1 aromatic rings. The lowest BCUT2D eigenvalue weighted by atomic mass is 10.1. The number of nitrogens with zero attached hydrogens (tertiary/aromatic N) is 1. The summed E-state index contributed by atoms with van der Waals surface area (Å²) in [5.41, 5.74) is 6.56. The van der Waals surface area contributed by atoms with Crippen LogP contribution in [0.1, 0.15) is 38.5 Å². The molecule has 0 aromatic carbocycles. The van der Waals surface area contributed by atoms with Crippen LogP contribution in [-0.2, 0) is 0 Å². The second kappa shape index (κ2) is 6.21. The largest absolute Gasteiger partial charge is 0.306 e. The van der Waals surface area contributed by atoms with Crippen LogP contribution in [0.4, 0.5) is 5.82 Å². The van der Waals surface area contributed by atoms with Gasteiger partial charge in [-0.15, -0.1) is 0 Å². The highest BCUT2D eigenvalue weighted by atomic mass is 79.9. The molecular formula is C12H18BrN3. The Kier molecular flexibility index (Phi) is 4.60. The molecule has 1 aliphatic rings. The van der Waals surface area contributed by atoms with Crippen molar-refractivity contribution in [2.75, 3.05) is 5.43 Å². The van der Waals surface area contributed by atoms with E-state index in [0.717, 1.165) is 10.3 Å². The van der Waals surface area contributed by atoms with E-state index >= 15 is 0 Å². The summed E-state index contributed by atoms with van der Waals surface area (Å²) in [6.07, 6.45) is 9.76. The molecule has 16 heavy (non-hydrogen) atoms. The van der Waals surface area contributed by atoms with Crippen molar-refractivity contribution < 1.29 is 0 Å². The van der Waals surface area contributed by atoms with Gasteiger partial charge in [0.2, 0.25) is 0 Å². The fourth-order valence-electron chi connectivity index (χ4n) is 2.07. The minimum Gasteiger partial charge on any atom is -0.306 e. The molecule has 0 spiro atoms. The number of nitrogens with one attached hydrogen (secondary N) is 2. The number of aromatic nitrogens is 1. The predicted octanol–water partition coefficient (Wildman–Crippen LogP) is 3.48. The van der Waals surface area contributed by atoms with Gasteiger partial charge in [0.05, 0.1) is 0 Å². The summed E-state index contributed by atoms with van der Waals surface area (Å²) in [7, 11) is 0. The molecule has 0 bridgehead atoms. The van der Waals surface area contributed by atoms with Gasteiger partial charge in [-0.2, -0.15) is 0 Å². The van der Waals surface area contributed by atoms with Gasteiger partial charge < -0.3 is 5.43 Å². The third-order valence-electron chi connectivity index (χ3n) is 2.98. The summed E-state index contributed by atoms with van der Waals surface area (Å²) in [6, 6.07) is 4.49. The van der Waals surface area contributed by atoms with E-state index in [0.29, 0.717) is 6.04 Å². The van der Waals surface area contributed by atoms with Crippen LogP contribution < -0.4 is 10.9 Å². The number of rotatable bonds is 3. The van der Waals surface area contributed by atoms with E-state index in [1.807, 2.05) is 12.1 Å². The zero-order valence-electron chi connectivity index (χ0n) is 9.38. The molecule has 0 unspecified atom stereocenters. The van der Waals surface area contributed by atoms with Crippen molar-refractivity contribution in [3.8, 4) is 0 Å². The third kappa shape index (κ3) is 3.76. The maximum atomic E-state index is 4.24. The molecule has 1 saturated carbocycles. The lowest BCUT2D eigenvalue weighted by Crippen LogP contribution is -2.33. The van der Waals surface area contributed by atoms with E-state index < -0.39 is 0 Å². The van der Waals surface area contributed by atoms with E-state index in [1.165, 1.54) is 38.5 Å². The molecule has 88 valence electrons. The molecule has 3 nitrogen and oxygen atoms in total. The lowest BCUT2D eigenvalue weighted by molar-refractivity contribution is 0.494. The average molecular weight is 284 g/mol. The predicted molar refractivity (Wildman–Crippen MR) is 70.2 cm³/mol. The Bertz CT molecular complexity index is 322. The number of anilines is 1.